The maximum absolute atomic E-state index is 13.5. The summed E-state index contributed by atoms with van der Waals surface area (Å²) in [7, 11) is 2.40. The molecule has 20 heavy (non-hydrogen) atoms. The molecule has 1 aromatic carbocycles. The van der Waals surface area contributed by atoms with Crippen LogP contribution >= 0.6 is 0 Å². The van der Waals surface area contributed by atoms with Crippen LogP contribution in [0.15, 0.2) is 18.2 Å². The molecular formula is C14H24BFN2O2. The van der Waals surface area contributed by atoms with E-state index in [2.05, 4.69) is 23.6 Å². The minimum absolute atomic E-state index is 0.191. The van der Waals surface area contributed by atoms with E-state index in [-0.39, 0.29) is 5.46 Å². The molecule has 0 amide bonds. The van der Waals surface area contributed by atoms with Gasteiger partial charge < -0.3 is 14.9 Å². The summed E-state index contributed by atoms with van der Waals surface area (Å²) < 4.78 is 13.5. The van der Waals surface area contributed by atoms with Crippen LogP contribution in [0, 0.1) is 5.82 Å². The highest BCUT2D eigenvalue weighted by atomic mass is 19.1. The van der Waals surface area contributed by atoms with Crippen molar-refractivity contribution in [3.63, 3.8) is 0 Å². The normalized spacial score (nSPS) is 13.1. The third-order valence-electron chi connectivity index (χ3n) is 3.32. The Labute approximate surface area is 121 Å². The van der Waals surface area contributed by atoms with Crippen molar-refractivity contribution in [2.24, 2.45) is 0 Å². The molecule has 0 aromatic heterocycles. The third-order valence-corrected chi connectivity index (χ3v) is 3.32. The Bertz CT molecular complexity index is 430. The van der Waals surface area contributed by atoms with Crippen LogP contribution in [0.5, 0.6) is 0 Å². The molecule has 6 heteroatoms. The highest BCUT2D eigenvalue weighted by molar-refractivity contribution is 6.58. The quantitative estimate of drug-likeness (QED) is 0.705. The van der Waals surface area contributed by atoms with E-state index in [1.54, 1.807) is 6.07 Å². The molecule has 0 aliphatic carbocycles. The van der Waals surface area contributed by atoms with Crippen LogP contribution in [0.4, 0.5) is 4.39 Å². The second kappa shape index (κ2) is 7.74. The van der Waals surface area contributed by atoms with Gasteiger partial charge in [0.05, 0.1) is 0 Å². The van der Waals surface area contributed by atoms with Crippen molar-refractivity contribution in [3.05, 3.63) is 29.6 Å². The van der Waals surface area contributed by atoms with Crippen molar-refractivity contribution >= 4 is 12.6 Å². The first-order chi connectivity index (χ1) is 9.33. The van der Waals surface area contributed by atoms with Crippen LogP contribution in [0.3, 0.4) is 0 Å². The van der Waals surface area contributed by atoms with Crippen LogP contribution in [-0.4, -0.2) is 60.2 Å². The molecule has 0 radical (unpaired) electrons. The van der Waals surface area contributed by atoms with Gasteiger partial charge in [0.15, 0.2) is 0 Å². The fourth-order valence-corrected chi connectivity index (χ4v) is 2.37. The third kappa shape index (κ3) is 5.21. The van der Waals surface area contributed by atoms with Gasteiger partial charge in [-0.1, -0.05) is 13.0 Å². The van der Waals surface area contributed by atoms with Crippen molar-refractivity contribution in [3.8, 4) is 0 Å². The number of hydrogen-bond donors (Lipinski definition) is 2. The average Bonchev–Trinajstić information content (AvgIpc) is 2.34. The van der Waals surface area contributed by atoms with Gasteiger partial charge in [-0.2, -0.15) is 0 Å². The summed E-state index contributed by atoms with van der Waals surface area (Å²) in [5.41, 5.74) is 0.942. The second-order valence-corrected chi connectivity index (χ2v) is 5.44. The Morgan fingerprint density at radius 3 is 2.40 bits per heavy atom. The number of halogens is 1. The maximum Gasteiger partial charge on any atom is 0.488 e. The SMILES string of the molecule is CCN(Cc1cc(F)cc(B(O)O)c1)C(C)CN(C)C. The molecule has 0 aliphatic heterocycles. The first-order valence-electron chi connectivity index (χ1n) is 6.87. The molecule has 1 aromatic rings. The van der Waals surface area contributed by atoms with Gasteiger partial charge >= 0.3 is 7.12 Å². The zero-order valence-electron chi connectivity index (χ0n) is 12.7. The summed E-state index contributed by atoms with van der Waals surface area (Å²) in [4.78, 5) is 4.34. The van der Waals surface area contributed by atoms with Gasteiger partial charge in [-0.05, 0) is 50.7 Å². The Morgan fingerprint density at radius 1 is 1.25 bits per heavy atom. The lowest BCUT2D eigenvalue weighted by Gasteiger charge is -2.30. The smallest absolute Gasteiger partial charge is 0.423 e. The predicted molar refractivity (Wildman–Crippen MR) is 80.3 cm³/mol. The van der Waals surface area contributed by atoms with Gasteiger partial charge in [0, 0.05) is 19.1 Å². The fraction of sp³-hybridized carbons (Fsp3) is 0.571. The average molecular weight is 282 g/mol. The monoisotopic (exact) mass is 282 g/mol. The van der Waals surface area contributed by atoms with Gasteiger partial charge in [0.2, 0.25) is 0 Å². The lowest BCUT2D eigenvalue weighted by atomic mass is 9.79. The minimum Gasteiger partial charge on any atom is -0.423 e. The van der Waals surface area contributed by atoms with Gasteiger partial charge in [-0.25, -0.2) is 4.39 Å². The van der Waals surface area contributed by atoms with E-state index in [0.29, 0.717) is 12.6 Å². The number of benzene rings is 1. The van der Waals surface area contributed by atoms with E-state index in [9.17, 15) is 4.39 Å². The lowest BCUT2D eigenvalue weighted by molar-refractivity contribution is 0.174. The van der Waals surface area contributed by atoms with E-state index >= 15 is 0 Å². The summed E-state index contributed by atoms with van der Waals surface area (Å²) >= 11 is 0. The van der Waals surface area contributed by atoms with Crippen LogP contribution in [-0.2, 0) is 6.54 Å². The number of likely N-dealkylation sites (N-methyl/N-ethyl adjacent to an activating group) is 2. The summed E-state index contributed by atoms with van der Waals surface area (Å²) in [5.74, 6) is -0.443. The molecule has 112 valence electrons. The molecule has 0 fully saturated rings. The van der Waals surface area contributed by atoms with Crippen molar-refractivity contribution in [1.29, 1.82) is 0 Å². The van der Waals surface area contributed by atoms with Crippen molar-refractivity contribution in [1.82, 2.24) is 9.80 Å². The zero-order chi connectivity index (χ0) is 15.3. The number of rotatable bonds is 7. The van der Waals surface area contributed by atoms with E-state index in [4.69, 9.17) is 10.0 Å². The zero-order valence-corrected chi connectivity index (χ0v) is 12.7. The van der Waals surface area contributed by atoms with E-state index < -0.39 is 12.9 Å². The molecule has 1 atom stereocenters. The largest absolute Gasteiger partial charge is 0.488 e. The van der Waals surface area contributed by atoms with Gasteiger partial charge in [0.25, 0.3) is 0 Å². The Balaban J connectivity index is 2.84. The summed E-state index contributed by atoms with van der Waals surface area (Å²) in [5, 5.41) is 18.3. The van der Waals surface area contributed by atoms with Crippen LogP contribution in [0.25, 0.3) is 0 Å². The molecule has 0 spiro atoms. The highest BCUT2D eigenvalue weighted by Crippen LogP contribution is 2.10. The standard InChI is InChI=1S/C14H24BFN2O2/c1-5-18(11(2)9-17(3)4)10-12-6-13(15(19)20)8-14(16)7-12/h6-8,11,19-20H,5,9-10H2,1-4H3. The molecule has 4 nitrogen and oxygen atoms in total. The van der Waals surface area contributed by atoms with Crippen LogP contribution in [0.1, 0.15) is 19.4 Å². The molecular weight excluding hydrogens is 258 g/mol. The first kappa shape index (κ1) is 17.1. The highest BCUT2D eigenvalue weighted by Gasteiger charge is 2.17. The Kier molecular flexibility index (Phi) is 6.62. The van der Waals surface area contributed by atoms with Crippen molar-refractivity contribution < 1.29 is 14.4 Å². The molecule has 1 unspecified atom stereocenters. The van der Waals surface area contributed by atoms with Crippen LogP contribution in [0.2, 0.25) is 0 Å². The molecule has 0 saturated heterocycles. The van der Waals surface area contributed by atoms with E-state index in [1.807, 2.05) is 14.1 Å². The topological polar surface area (TPSA) is 46.9 Å². The van der Waals surface area contributed by atoms with E-state index in [1.165, 1.54) is 6.07 Å². The van der Waals surface area contributed by atoms with Gasteiger partial charge in [-0.3, -0.25) is 4.90 Å². The number of hydrogen-bond acceptors (Lipinski definition) is 4. The first-order valence-corrected chi connectivity index (χ1v) is 6.87. The molecule has 0 saturated carbocycles. The van der Waals surface area contributed by atoms with Gasteiger partial charge in [0.1, 0.15) is 5.82 Å². The van der Waals surface area contributed by atoms with Crippen molar-refractivity contribution in [2.45, 2.75) is 26.4 Å². The molecule has 0 aliphatic rings. The fourth-order valence-electron chi connectivity index (χ4n) is 2.37. The molecule has 0 bridgehead atoms. The van der Waals surface area contributed by atoms with Crippen molar-refractivity contribution in [2.75, 3.05) is 27.2 Å². The molecule has 2 N–H and O–H groups in total. The lowest BCUT2D eigenvalue weighted by Crippen LogP contribution is -2.40. The second-order valence-electron chi connectivity index (χ2n) is 5.44. The molecule has 1 rings (SSSR count). The van der Waals surface area contributed by atoms with E-state index in [0.717, 1.165) is 24.7 Å². The summed E-state index contributed by atoms with van der Waals surface area (Å²) in [6.45, 7) is 6.54. The maximum atomic E-state index is 13.5. The predicted octanol–water partition coefficient (Wildman–Crippen LogP) is 0.278. The van der Waals surface area contributed by atoms with Crippen LogP contribution < -0.4 is 5.46 Å². The minimum atomic E-state index is -1.64. The molecule has 0 heterocycles. The Hall–Kier alpha value is -0.945. The summed E-state index contributed by atoms with van der Waals surface area (Å²) in [6, 6.07) is 4.56. The van der Waals surface area contributed by atoms with Gasteiger partial charge in [-0.15, -0.1) is 0 Å². The summed E-state index contributed by atoms with van der Waals surface area (Å²) in [6.07, 6.45) is 0. The number of nitrogens with zero attached hydrogens (tertiary/aromatic N) is 2. The Morgan fingerprint density at radius 2 is 1.90 bits per heavy atom.